The third-order valence-electron chi connectivity index (χ3n) is 5.39. The number of allylic oxidation sites excluding steroid dienone is 2. The number of aliphatic hydroxyl groups is 1. The van der Waals surface area contributed by atoms with Crippen molar-refractivity contribution in [1.82, 2.24) is 9.13 Å². The van der Waals surface area contributed by atoms with Crippen LogP contribution in [0.2, 0.25) is 0 Å². The second-order valence-corrected chi connectivity index (χ2v) is 8.88. The normalized spacial score (nSPS) is 12.8. The van der Waals surface area contributed by atoms with Crippen LogP contribution in [0.3, 0.4) is 0 Å². The molecule has 0 fully saturated rings. The first-order valence-corrected chi connectivity index (χ1v) is 12.2. The van der Waals surface area contributed by atoms with E-state index in [0.717, 1.165) is 33.2 Å². The lowest BCUT2D eigenvalue weighted by molar-refractivity contribution is -0.274. The van der Waals surface area contributed by atoms with Crippen LogP contribution in [0.5, 0.6) is 11.5 Å². The van der Waals surface area contributed by atoms with Crippen LogP contribution in [0.15, 0.2) is 67.3 Å². The van der Waals surface area contributed by atoms with Gasteiger partial charge in [0.25, 0.3) is 5.56 Å². The topological polar surface area (TPSA) is 131 Å². The Morgan fingerprint density at radius 1 is 1.18 bits per heavy atom. The number of nitrogens with zero attached hydrogens (tertiary/aromatic N) is 4. The monoisotopic (exact) mass is 563 g/mol. The number of aliphatic imine (C=N–C) groups is 2. The summed E-state index contributed by atoms with van der Waals surface area (Å²) in [5, 5.41) is 16.7. The van der Waals surface area contributed by atoms with Crippen LogP contribution in [-0.4, -0.2) is 45.0 Å². The summed E-state index contributed by atoms with van der Waals surface area (Å²) in [5.74, 6) is -0.673. The Bertz CT molecular complexity index is 1430. The Hall–Kier alpha value is -4.26. The highest BCUT2D eigenvalue weighted by Crippen LogP contribution is 2.27. The number of hydrogen-bond acceptors (Lipinski definition) is 8. The molecule has 0 aliphatic rings. The lowest BCUT2D eigenvalue weighted by atomic mass is 10.1. The van der Waals surface area contributed by atoms with Crippen molar-refractivity contribution < 1.29 is 27.8 Å². The highest BCUT2D eigenvalue weighted by Gasteiger charge is 2.31. The van der Waals surface area contributed by atoms with E-state index < -0.39 is 23.4 Å². The summed E-state index contributed by atoms with van der Waals surface area (Å²) in [6, 6.07) is 4.83. The maximum Gasteiger partial charge on any atom is 0.573 e. The van der Waals surface area contributed by atoms with Gasteiger partial charge in [0.05, 0.1) is 5.56 Å². The van der Waals surface area contributed by atoms with Crippen molar-refractivity contribution in [3.8, 4) is 11.5 Å². The van der Waals surface area contributed by atoms with Gasteiger partial charge in [0.15, 0.2) is 0 Å². The first kappa shape index (κ1) is 32.0. The molecule has 0 atom stereocenters. The van der Waals surface area contributed by atoms with Crippen LogP contribution < -0.4 is 20.7 Å². The molecule has 40 heavy (non-hydrogen) atoms. The van der Waals surface area contributed by atoms with Gasteiger partial charge in [-0.2, -0.15) is 4.99 Å². The van der Waals surface area contributed by atoms with Crippen molar-refractivity contribution in [3.63, 3.8) is 0 Å². The highest BCUT2D eigenvalue weighted by molar-refractivity contribution is 5.96. The Morgan fingerprint density at radius 3 is 2.45 bits per heavy atom. The summed E-state index contributed by atoms with van der Waals surface area (Å²) in [7, 11) is 1.42. The number of aliphatic hydroxyl groups excluding tert-OH is 1. The lowest BCUT2D eigenvalue weighted by Gasteiger charge is -2.15. The van der Waals surface area contributed by atoms with Gasteiger partial charge in [-0.25, -0.2) is 4.79 Å². The zero-order valence-electron chi connectivity index (χ0n) is 22.9. The largest absolute Gasteiger partial charge is 0.573 e. The molecule has 216 valence electrons. The number of alkyl halides is 3. The zero-order chi connectivity index (χ0) is 30.0. The quantitative estimate of drug-likeness (QED) is 0.305. The number of ether oxygens (including phenoxy) is 2. The molecule has 0 bridgehead atoms. The molecule has 2 N–H and O–H groups in total. The molecule has 0 radical (unpaired) electrons. The second-order valence-electron chi connectivity index (χ2n) is 8.88. The SMILES string of the molecule is CC(C)=N/C=C(\C=N)C/C=C(C)\C(=N/c1c(C)c(=O)n(CCCO)c(=O)n1C)Oc1cccc(OC(F)(F)F)c1. The van der Waals surface area contributed by atoms with Crippen LogP contribution >= 0.6 is 0 Å². The van der Waals surface area contributed by atoms with E-state index in [2.05, 4.69) is 14.7 Å². The van der Waals surface area contributed by atoms with Gasteiger partial charge in [0, 0.05) is 50.0 Å². The van der Waals surface area contributed by atoms with Gasteiger partial charge in [-0.15, -0.1) is 13.2 Å². The molecule has 2 rings (SSSR count). The average Bonchev–Trinajstić information content (AvgIpc) is 2.88. The number of hydrogen-bond donors (Lipinski definition) is 2. The van der Waals surface area contributed by atoms with Gasteiger partial charge >= 0.3 is 12.1 Å². The lowest BCUT2D eigenvalue weighted by Crippen LogP contribution is -2.40. The molecule has 1 aromatic heterocycles. The van der Waals surface area contributed by atoms with E-state index in [1.165, 1.54) is 32.3 Å². The van der Waals surface area contributed by atoms with Gasteiger partial charge in [-0.1, -0.05) is 12.1 Å². The van der Waals surface area contributed by atoms with Gasteiger partial charge < -0.3 is 20.0 Å². The van der Waals surface area contributed by atoms with Crippen molar-refractivity contribution in [3.05, 3.63) is 74.1 Å². The minimum absolute atomic E-state index is 0.0135. The van der Waals surface area contributed by atoms with Crippen LogP contribution in [0.25, 0.3) is 0 Å². The van der Waals surface area contributed by atoms with E-state index in [-0.39, 0.29) is 49.0 Å². The van der Waals surface area contributed by atoms with Gasteiger partial charge in [0.1, 0.15) is 17.3 Å². The Labute approximate surface area is 228 Å². The molecule has 0 spiro atoms. The fraction of sp³-hybridized carbons (Fsp3) is 0.370. The molecule has 0 saturated carbocycles. The minimum atomic E-state index is -4.91. The summed E-state index contributed by atoms with van der Waals surface area (Å²) in [6.07, 6.45) is -0.133. The summed E-state index contributed by atoms with van der Waals surface area (Å²) in [4.78, 5) is 34.4. The molecular weight excluding hydrogens is 531 g/mol. The molecule has 0 saturated heterocycles. The molecule has 1 heterocycles. The summed E-state index contributed by atoms with van der Waals surface area (Å²) >= 11 is 0. The summed E-state index contributed by atoms with van der Waals surface area (Å²) in [6.45, 7) is 6.52. The van der Waals surface area contributed by atoms with E-state index in [1.54, 1.807) is 26.8 Å². The van der Waals surface area contributed by atoms with Crippen LogP contribution in [0.4, 0.5) is 19.0 Å². The molecular formula is C27H32F3N5O5. The van der Waals surface area contributed by atoms with Crippen molar-refractivity contribution in [2.75, 3.05) is 6.61 Å². The fourth-order valence-corrected chi connectivity index (χ4v) is 3.35. The Kier molecular flexibility index (Phi) is 11.4. The molecule has 1 aromatic carbocycles. The van der Waals surface area contributed by atoms with Crippen molar-refractivity contribution >= 4 is 23.6 Å². The molecule has 0 unspecified atom stereocenters. The Balaban J connectivity index is 2.66. The van der Waals surface area contributed by atoms with Gasteiger partial charge in [-0.3, -0.25) is 18.9 Å². The minimum Gasteiger partial charge on any atom is -0.439 e. The van der Waals surface area contributed by atoms with Crippen LogP contribution in [0.1, 0.15) is 39.2 Å². The number of rotatable bonds is 11. The second kappa shape index (κ2) is 14.2. The molecule has 2 aromatic rings. The number of nitrogens with one attached hydrogen (secondary N) is 1. The summed E-state index contributed by atoms with van der Waals surface area (Å²) in [5.41, 5.74) is 0.608. The van der Waals surface area contributed by atoms with E-state index in [1.807, 2.05) is 0 Å². The Morgan fingerprint density at radius 2 is 1.85 bits per heavy atom. The third-order valence-corrected chi connectivity index (χ3v) is 5.39. The number of halogens is 3. The van der Waals surface area contributed by atoms with E-state index in [9.17, 15) is 22.8 Å². The standard InChI is InChI=1S/C27H32F3N5O5/c1-17(2)32-16-20(15-31)11-10-18(3)24(39-21-8-6-9-22(14-21)40-27(28,29)30)33-23-19(4)25(37)35(12-7-13-36)26(38)34(23)5/h6,8-10,14-16,31,36H,7,11-13H2,1-5H3/b18-10-,20-16-,31-15?,33-24+. The molecule has 10 nitrogen and oxygen atoms in total. The molecule has 13 heteroatoms. The molecule has 0 amide bonds. The fourth-order valence-electron chi connectivity index (χ4n) is 3.35. The molecule has 0 aliphatic heterocycles. The summed E-state index contributed by atoms with van der Waals surface area (Å²) < 4.78 is 50.2. The predicted molar refractivity (Wildman–Crippen MR) is 147 cm³/mol. The van der Waals surface area contributed by atoms with Crippen molar-refractivity contribution in [1.29, 1.82) is 5.41 Å². The number of benzene rings is 1. The average molecular weight is 564 g/mol. The zero-order valence-corrected chi connectivity index (χ0v) is 22.9. The van der Waals surface area contributed by atoms with E-state index >= 15 is 0 Å². The van der Waals surface area contributed by atoms with Crippen LogP contribution in [0, 0.1) is 12.3 Å². The van der Waals surface area contributed by atoms with Crippen molar-refractivity contribution in [2.45, 2.75) is 53.4 Å². The van der Waals surface area contributed by atoms with Crippen molar-refractivity contribution in [2.24, 2.45) is 17.0 Å². The first-order chi connectivity index (χ1) is 18.8. The van der Waals surface area contributed by atoms with E-state index in [0.29, 0.717) is 11.1 Å². The number of aromatic nitrogens is 2. The van der Waals surface area contributed by atoms with Gasteiger partial charge in [-0.05, 0) is 58.2 Å². The first-order valence-electron chi connectivity index (χ1n) is 12.2. The van der Waals surface area contributed by atoms with Gasteiger partial charge in [0.2, 0.25) is 5.90 Å². The van der Waals surface area contributed by atoms with E-state index in [4.69, 9.17) is 15.3 Å². The highest BCUT2D eigenvalue weighted by atomic mass is 19.4. The van der Waals surface area contributed by atoms with Crippen LogP contribution in [-0.2, 0) is 13.6 Å². The maximum atomic E-state index is 12.9. The molecule has 0 aliphatic carbocycles. The maximum absolute atomic E-state index is 12.9. The third kappa shape index (κ3) is 9.19. The predicted octanol–water partition coefficient (Wildman–Crippen LogP) is 4.60. The smallest absolute Gasteiger partial charge is 0.439 e.